The molecular weight excluding hydrogens is 196 g/mol. The van der Waals surface area contributed by atoms with E-state index in [-0.39, 0.29) is 6.42 Å². The van der Waals surface area contributed by atoms with Gasteiger partial charge in [0, 0.05) is 12.0 Å². The molecule has 1 aromatic carbocycles. The van der Waals surface area contributed by atoms with Crippen LogP contribution in [0, 0.1) is 0 Å². The van der Waals surface area contributed by atoms with Crippen LogP contribution in [-0.2, 0) is 11.2 Å². The molecule has 0 bridgehead atoms. The first-order chi connectivity index (χ1) is 7.00. The summed E-state index contributed by atoms with van der Waals surface area (Å²) < 4.78 is 0. The molecule has 15 heavy (non-hydrogen) atoms. The largest absolute Gasteiger partial charge is 0.544 e. The number of amides is 1. The van der Waals surface area contributed by atoms with Crippen molar-refractivity contribution in [2.75, 3.05) is 0 Å². The first kappa shape index (κ1) is 11.2. The Morgan fingerprint density at radius 3 is 2.27 bits per heavy atom. The molecule has 0 heterocycles. The van der Waals surface area contributed by atoms with Gasteiger partial charge in [0.1, 0.15) is 6.04 Å². The van der Waals surface area contributed by atoms with Crippen LogP contribution in [0.25, 0.3) is 0 Å². The number of quaternary nitrogens is 1. The van der Waals surface area contributed by atoms with Gasteiger partial charge >= 0.3 is 0 Å². The van der Waals surface area contributed by atoms with Crippen molar-refractivity contribution < 1.29 is 20.4 Å². The Morgan fingerprint density at radius 2 is 1.87 bits per heavy atom. The van der Waals surface area contributed by atoms with Gasteiger partial charge in [0.25, 0.3) is 0 Å². The monoisotopic (exact) mass is 208 g/mol. The van der Waals surface area contributed by atoms with Crippen molar-refractivity contribution in [2.45, 2.75) is 12.5 Å². The molecule has 80 valence electrons. The highest BCUT2D eigenvalue weighted by atomic mass is 16.4. The lowest BCUT2D eigenvalue weighted by Crippen LogP contribution is -2.69. The van der Waals surface area contributed by atoms with Crippen LogP contribution in [0.2, 0.25) is 0 Å². The van der Waals surface area contributed by atoms with Crippen LogP contribution < -0.4 is 16.6 Å². The van der Waals surface area contributed by atoms with E-state index in [1.807, 2.05) is 0 Å². The number of carboxylic acids is 1. The standard InChI is InChI=1S/C10H12N2O3/c11-8(10(14)15)5-6-1-3-7(4-2-6)9(12)13/h1-4,8H,5,11H2,(H2,12,13)(H,14,15)/t8-/m1/s1. The number of nitrogens with two attached hydrogens (primary N) is 1. The summed E-state index contributed by atoms with van der Waals surface area (Å²) in [7, 11) is 0. The van der Waals surface area contributed by atoms with Crippen molar-refractivity contribution in [3.05, 3.63) is 35.4 Å². The number of benzene rings is 1. The predicted molar refractivity (Wildman–Crippen MR) is 50.3 cm³/mol. The second-order valence-corrected chi connectivity index (χ2v) is 3.28. The molecule has 0 aliphatic heterocycles. The highest BCUT2D eigenvalue weighted by molar-refractivity contribution is 5.92. The maximum Gasteiger partial charge on any atom is 0.248 e. The van der Waals surface area contributed by atoms with Gasteiger partial charge in [-0.3, -0.25) is 4.79 Å². The van der Waals surface area contributed by atoms with Crippen LogP contribution >= 0.6 is 0 Å². The maximum atomic E-state index is 10.7. The highest BCUT2D eigenvalue weighted by Gasteiger charge is 2.08. The van der Waals surface area contributed by atoms with Crippen molar-refractivity contribution in [3.63, 3.8) is 0 Å². The summed E-state index contributed by atoms with van der Waals surface area (Å²) in [6.45, 7) is 0. The van der Waals surface area contributed by atoms with Crippen LogP contribution in [0.1, 0.15) is 15.9 Å². The van der Waals surface area contributed by atoms with Gasteiger partial charge < -0.3 is 21.4 Å². The molecule has 1 aromatic rings. The molecule has 1 atom stereocenters. The number of carboxylic acid groups (broad SMARTS) is 1. The number of carbonyl (C=O) groups excluding carboxylic acids is 2. The maximum absolute atomic E-state index is 10.7. The van der Waals surface area contributed by atoms with Gasteiger partial charge in [-0.05, 0) is 17.7 Å². The van der Waals surface area contributed by atoms with Gasteiger partial charge in [-0.2, -0.15) is 0 Å². The Kier molecular flexibility index (Phi) is 3.41. The highest BCUT2D eigenvalue weighted by Crippen LogP contribution is 2.05. The topological polar surface area (TPSA) is 111 Å². The van der Waals surface area contributed by atoms with Crippen LogP contribution in [-0.4, -0.2) is 17.9 Å². The minimum absolute atomic E-state index is 0.279. The van der Waals surface area contributed by atoms with Gasteiger partial charge in [0.2, 0.25) is 5.91 Å². The zero-order chi connectivity index (χ0) is 11.4. The van der Waals surface area contributed by atoms with Gasteiger partial charge in [-0.15, -0.1) is 0 Å². The summed E-state index contributed by atoms with van der Waals surface area (Å²) >= 11 is 0. The third-order valence-electron chi connectivity index (χ3n) is 2.05. The van der Waals surface area contributed by atoms with E-state index in [1.54, 1.807) is 24.3 Å². The number of primary amides is 1. The molecule has 5 N–H and O–H groups in total. The molecule has 0 radical (unpaired) electrons. The van der Waals surface area contributed by atoms with Crippen LogP contribution in [0.15, 0.2) is 24.3 Å². The van der Waals surface area contributed by atoms with E-state index >= 15 is 0 Å². The van der Waals surface area contributed by atoms with Crippen molar-refractivity contribution in [1.82, 2.24) is 0 Å². The second kappa shape index (κ2) is 4.56. The first-order valence-corrected chi connectivity index (χ1v) is 4.43. The summed E-state index contributed by atoms with van der Waals surface area (Å²) in [5.74, 6) is -1.69. The normalized spacial score (nSPS) is 12.1. The van der Waals surface area contributed by atoms with E-state index in [2.05, 4.69) is 5.73 Å². The molecule has 0 aromatic heterocycles. The average Bonchev–Trinajstić information content (AvgIpc) is 2.18. The molecule has 0 saturated heterocycles. The molecule has 0 aliphatic carbocycles. The lowest BCUT2D eigenvalue weighted by Gasteiger charge is -2.09. The van der Waals surface area contributed by atoms with Crippen molar-refractivity contribution in [3.8, 4) is 0 Å². The minimum Gasteiger partial charge on any atom is -0.544 e. The summed E-state index contributed by atoms with van der Waals surface area (Å²) in [6, 6.07) is 5.63. The number of carbonyl (C=O) groups is 2. The molecule has 0 aliphatic rings. The van der Waals surface area contributed by atoms with E-state index in [0.29, 0.717) is 5.56 Å². The van der Waals surface area contributed by atoms with Gasteiger partial charge in [-0.1, -0.05) is 12.1 Å². The molecule has 1 rings (SSSR count). The zero-order valence-corrected chi connectivity index (χ0v) is 8.10. The van der Waals surface area contributed by atoms with E-state index in [0.717, 1.165) is 5.56 Å². The molecule has 0 unspecified atom stereocenters. The van der Waals surface area contributed by atoms with E-state index in [1.165, 1.54) is 0 Å². The fraction of sp³-hybridized carbons (Fsp3) is 0.200. The number of hydrogen-bond acceptors (Lipinski definition) is 3. The zero-order valence-electron chi connectivity index (χ0n) is 8.10. The third kappa shape index (κ3) is 3.07. The lowest BCUT2D eigenvalue weighted by atomic mass is 10.0. The second-order valence-electron chi connectivity index (χ2n) is 3.28. The fourth-order valence-corrected chi connectivity index (χ4v) is 1.17. The molecule has 5 nitrogen and oxygen atoms in total. The van der Waals surface area contributed by atoms with E-state index < -0.39 is 17.9 Å². The molecule has 0 saturated carbocycles. The molecular formula is C10H12N2O3. The Morgan fingerprint density at radius 1 is 1.33 bits per heavy atom. The van der Waals surface area contributed by atoms with Crippen molar-refractivity contribution in [1.29, 1.82) is 0 Å². The number of aliphatic carboxylic acids is 1. The Balaban J connectivity index is 2.72. The Labute approximate surface area is 86.7 Å². The predicted octanol–water partition coefficient (Wildman–Crippen LogP) is -2.31. The summed E-state index contributed by atoms with van der Waals surface area (Å²) in [6.07, 6.45) is 0.279. The van der Waals surface area contributed by atoms with Crippen molar-refractivity contribution in [2.24, 2.45) is 5.73 Å². The van der Waals surface area contributed by atoms with E-state index in [9.17, 15) is 14.7 Å². The average molecular weight is 208 g/mol. The summed E-state index contributed by atoms with van der Waals surface area (Å²) in [4.78, 5) is 21.2. The van der Waals surface area contributed by atoms with Gasteiger partial charge in [0.15, 0.2) is 0 Å². The molecule has 5 heteroatoms. The summed E-state index contributed by atoms with van der Waals surface area (Å²) in [5.41, 5.74) is 9.67. The first-order valence-electron chi connectivity index (χ1n) is 4.43. The van der Waals surface area contributed by atoms with Crippen molar-refractivity contribution >= 4 is 11.9 Å². The van der Waals surface area contributed by atoms with Gasteiger partial charge in [-0.25, -0.2) is 0 Å². The van der Waals surface area contributed by atoms with Crippen LogP contribution in [0.3, 0.4) is 0 Å². The van der Waals surface area contributed by atoms with Gasteiger partial charge in [0.05, 0.1) is 5.97 Å². The van der Waals surface area contributed by atoms with Crippen LogP contribution in [0.4, 0.5) is 0 Å². The quantitative estimate of drug-likeness (QED) is 0.579. The van der Waals surface area contributed by atoms with Crippen LogP contribution in [0.5, 0.6) is 0 Å². The van der Waals surface area contributed by atoms with E-state index in [4.69, 9.17) is 5.73 Å². The minimum atomic E-state index is -1.19. The third-order valence-corrected chi connectivity index (χ3v) is 2.05. The number of rotatable bonds is 4. The summed E-state index contributed by atoms with van der Waals surface area (Å²) in [5, 5.41) is 10.4. The Hall–Kier alpha value is -1.88. The SMILES string of the molecule is NC(=O)c1ccc(C[C@@H]([NH3+])C(=O)[O-])cc1. The number of hydrogen-bond donors (Lipinski definition) is 2. The molecule has 0 spiro atoms. The molecule has 1 amide bonds. The lowest BCUT2D eigenvalue weighted by molar-refractivity contribution is -0.437. The smallest absolute Gasteiger partial charge is 0.248 e. The molecule has 0 fully saturated rings. The Bertz CT molecular complexity index is 373. The fourth-order valence-electron chi connectivity index (χ4n) is 1.17.